The van der Waals surface area contributed by atoms with Gasteiger partial charge in [-0.3, -0.25) is 86.9 Å². The Labute approximate surface area is 439 Å². The molecule has 0 aliphatic carbocycles. The molecule has 33 nitrogen and oxygen atoms in total. The molecule has 369 valence electrons. The van der Waals surface area contributed by atoms with Gasteiger partial charge in [0.05, 0.1) is 78.5 Å². The smallest absolute Gasteiger partial charge is 0.317 e. The maximum Gasteiger partial charge on any atom is 0.317 e. The van der Waals surface area contributed by atoms with Crippen LogP contribution in [0.1, 0.15) is 0 Å². The van der Waals surface area contributed by atoms with Gasteiger partial charge in [-0.1, -0.05) is 0 Å². The van der Waals surface area contributed by atoms with E-state index in [1.165, 1.54) is 0 Å². The molecule has 0 aliphatic heterocycles. The normalized spacial score (nSPS) is 9.73. The Balaban J connectivity index is -0.000000101. The molecule has 0 aliphatic rings. The molecule has 0 aromatic rings. The molecule has 0 heterocycles. The van der Waals surface area contributed by atoms with Crippen LogP contribution in [0, 0.1) is 0 Å². The summed E-state index contributed by atoms with van der Waals surface area (Å²) in [5.41, 5.74) is 0. The fourth-order valence-electron chi connectivity index (χ4n) is 4.43. The van der Waals surface area contributed by atoms with Crippen molar-refractivity contribution in [1.29, 1.82) is 0 Å². The molecule has 3 radical (unpaired) electrons. The standard InChI is InChI=1S/3C10H16N2O8.3Na.3H2O/c3*13-7(14)3-11(4-8(15)16)1-2-12(5-9(17)18)6-10(19)20;;;;;;/h3*1-6H2,(H,13,14)(H,15,16)(H,17,18)(H,19,20);;;;3*1H2. The maximum atomic E-state index is 10.6. The van der Waals surface area contributed by atoms with Gasteiger partial charge in [-0.2, -0.15) is 0 Å². The summed E-state index contributed by atoms with van der Waals surface area (Å²) in [4.78, 5) is 133. The molecule has 0 unspecified atom stereocenters. The van der Waals surface area contributed by atoms with Crippen molar-refractivity contribution >= 4 is 160 Å². The molecule has 0 atom stereocenters. The molecule has 18 N–H and O–H groups in total. The van der Waals surface area contributed by atoms with Crippen LogP contribution in [-0.2, 0) is 57.5 Å². The first-order valence-corrected chi connectivity index (χ1v) is 16.6. The number of hydrogen-bond donors (Lipinski definition) is 12. The first-order chi connectivity index (χ1) is 27.6. The van der Waals surface area contributed by atoms with E-state index in [-0.39, 0.29) is 144 Å². The van der Waals surface area contributed by atoms with E-state index in [0.717, 1.165) is 29.4 Å². The van der Waals surface area contributed by atoms with Gasteiger partial charge in [0.15, 0.2) is 0 Å². The van der Waals surface area contributed by atoms with Crippen LogP contribution in [0.15, 0.2) is 0 Å². The quantitative estimate of drug-likeness (QED) is 0.0272. The Morgan fingerprint density at radius 1 is 0.197 bits per heavy atom. The average Bonchev–Trinajstić information content (AvgIpc) is 3.02. The van der Waals surface area contributed by atoms with Gasteiger partial charge in [0, 0.05) is 128 Å². The Hall–Kier alpha value is -3.72. The van der Waals surface area contributed by atoms with Gasteiger partial charge < -0.3 is 77.7 Å². The molecule has 0 saturated carbocycles. The molecule has 0 spiro atoms. The molecular formula is C30H54N6Na3O27. The van der Waals surface area contributed by atoms with Crippen LogP contribution in [0.25, 0.3) is 0 Å². The van der Waals surface area contributed by atoms with Gasteiger partial charge >= 0.3 is 71.6 Å². The Morgan fingerprint density at radius 3 is 0.303 bits per heavy atom. The van der Waals surface area contributed by atoms with Crippen molar-refractivity contribution in [2.24, 2.45) is 0 Å². The number of rotatable bonds is 33. The van der Waals surface area contributed by atoms with E-state index in [0.29, 0.717) is 0 Å². The number of nitrogens with zero attached hydrogens (tertiary/aromatic N) is 6. The summed E-state index contributed by atoms with van der Waals surface area (Å²) in [6, 6.07) is 0. The first-order valence-electron chi connectivity index (χ1n) is 16.6. The molecule has 0 saturated heterocycles. The van der Waals surface area contributed by atoms with Crippen LogP contribution in [0.3, 0.4) is 0 Å². The number of carboxylic acid groups (broad SMARTS) is 12. The summed E-state index contributed by atoms with van der Waals surface area (Å²) in [5, 5.41) is 103. The molecule has 0 rings (SSSR count). The molecule has 36 heteroatoms. The second kappa shape index (κ2) is 47.8. The van der Waals surface area contributed by atoms with E-state index in [2.05, 4.69) is 0 Å². The summed E-state index contributed by atoms with van der Waals surface area (Å²) in [6.07, 6.45) is 0. The van der Waals surface area contributed by atoms with Crippen molar-refractivity contribution in [1.82, 2.24) is 29.4 Å². The first kappa shape index (κ1) is 82.4. The van der Waals surface area contributed by atoms with E-state index in [1.54, 1.807) is 0 Å². The minimum absolute atomic E-state index is 0. The molecule has 0 amide bonds. The zero-order chi connectivity index (χ0) is 47.1. The molecule has 0 fully saturated rings. The second-order valence-corrected chi connectivity index (χ2v) is 12.0. The van der Waals surface area contributed by atoms with Gasteiger partial charge in [-0.25, -0.2) is 0 Å². The van der Waals surface area contributed by atoms with Crippen molar-refractivity contribution < 1.29 is 135 Å². The molecule has 0 bridgehead atoms. The van der Waals surface area contributed by atoms with Gasteiger partial charge in [-0.15, -0.1) is 0 Å². The Bertz CT molecular complexity index is 1140. The fourth-order valence-corrected chi connectivity index (χ4v) is 4.43. The van der Waals surface area contributed by atoms with Crippen LogP contribution in [-0.4, -0.2) is 385 Å². The minimum atomic E-state index is -1.23. The summed E-state index contributed by atoms with van der Waals surface area (Å²) in [7, 11) is 0. The van der Waals surface area contributed by atoms with Crippen molar-refractivity contribution in [3.8, 4) is 0 Å². The summed E-state index contributed by atoms with van der Waals surface area (Å²) >= 11 is 0. The molecule has 66 heavy (non-hydrogen) atoms. The summed E-state index contributed by atoms with van der Waals surface area (Å²) < 4.78 is 0. The monoisotopic (exact) mass is 999 g/mol. The molecule has 0 aromatic carbocycles. The third-order valence-corrected chi connectivity index (χ3v) is 6.50. The number of carbonyl (C=O) groups is 12. The summed E-state index contributed by atoms with van der Waals surface area (Å²) in [6.45, 7) is -6.75. The van der Waals surface area contributed by atoms with Gasteiger partial charge in [0.2, 0.25) is 0 Å². The van der Waals surface area contributed by atoms with Crippen molar-refractivity contribution in [3.63, 3.8) is 0 Å². The zero-order valence-corrected chi connectivity index (χ0v) is 42.2. The minimum Gasteiger partial charge on any atom is -0.480 e. The molecule has 0 aromatic heterocycles. The zero-order valence-electron chi connectivity index (χ0n) is 36.2. The second-order valence-electron chi connectivity index (χ2n) is 12.0. The van der Waals surface area contributed by atoms with E-state index in [4.69, 9.17) is 61.3 Å². The predicted molar refractivity (Wildman–Crippen MR) is 218 cm³/mol. The third kappa shape index (κ3) is 60.3. The molecular weight excluding hydrogens is 945 g/mol. The Morgan fingerprint density at radius 2 is 0.258 bits per heavy atom. The Kier molecular flexibility index (Phi) is 59.6. The van der Waals surface area contributed by atoms with Gasteiger partial charge in [0.1, 0.15) is 0 Å². The van der Waals surface area contributed by atoms with Crippen LogP contribution >= 0.6 is 0 Å². The van der Waals surface area contributed by atoms with Crippen LogP contribution in [0.5, 0.6) is 0 Å². The SMILES string of the molecule is O.O.O.O=C(O)CN(CCN(CC(=O)O)CC(=O)O)CC(=O)O.O=C(O)CN(CCN(CC(=O)O)CC(=O)O)CC(=O)O.O=C(O)CN(CCN(CC(=O)O)CC(=O)O)CC(=O)O.[Na].[Na].[Na]. The van der Waals surface area contributed by atoms with E-state index >= 15 is 0 Å². The number of aliphatic carboxylic acids is 12. The average molecular weight is 1000 g/mol. The fraction of sp³-hybridized carbons (Fsp3) is 0.600. The third-order valence-electron chi connectivity index (χ3n) is 6.50. The summed E-state index contributed by atoms with van der Waals surface area (Å²) in [5.74, 6) is -14.7. The van der Waals surface area contributed by atoms with Gasteiger partial charge in [0.25, 0.3) is 0 Å². The van der Waals surface area contributed by atoms with E-state index in [1.807, 2.05) is 0 Å². The number of hydrogen-bond acceptors (Lipinski definition) is 18. The van der Waals surface area contributed by atoms with Crippen molar-refractivity contribution in [2.75, 3.05) is 118 Å². The number of carboxylic acids is 12. The van der Waals surface area contributed by atoms with Crippen LogP contribution < -0.4 is 0 Å². The van der Waals surface area contributed by atoms with Crippen LogP contribution in [0.2, 0.25) is 0 Å². The maximum absolute atomic E-state index is 10.6. The van der Waals surface area contributed by atoms with Crippen molar-refractivity contribution in [3.05, 3.63) is 0 Å². The largest absolute Gasteiger partial charge is 0.480 e. The van der Waals surface area contributed by atoms with E-state index < -0.39 is 150 Å². The van der Waals surface area contributed by atoms with Gasteiger partial charge in [-0.05, 0) is 0 Å². The predicted octanol–water partition coefficient (Wildman–Crippen LogP) is -9.83. The van der Waals surface area contributed by atoms with E-state index in [9.17, 15) is 57.5 Å². The topological polar surface area (TPSA) is 562 Å². The van der Waals surface area contributed by atoms with Crippen molar-refractivity contribution in [2.45, 2.75) is 0 Å². The van der Waals surface area contributed by atoms with Crippen LogP contribution in [0.4, 0.5) is 0 Å².